The van der Waals surface area contributed by atoms with Crippen molar-refractivity contribution in [1.29, 1.82) is 0 Å². The van der Waals surface area contributed by atoms with Gasteiger partial charge >= 0.3 is 0 Å². The summed E-state index contributed by atoms with van der Waals surface area (Å²) in [6.45, 7) is 2.87. The van der Waals surface area contributed by atoms with E-state index in [1.54, 1.807) is 14.2 Å². The molecule has 2 aromatic carbocycles. The van der Waals surface area contributed by atoms with Gasteiger partial charge in [0, 0.05) is 24.3 Å². The Labute approximate surface area is 156 Å². The van der Waals surface area contributed by atoms with Crippen LogP contribution in [0.4, 0.5) is 14.5 Å². The number of rotatable bonds is 5. The molecule has 7 heteroatoms. The molecule has 1 aliphatic rings. The van der Waals surface area contributed by atoms with E-state index in [4.69, 9.17) is 9.47 Å². The SMILES string of the molecule is COc1cc2c(cc1OC)C(C)N(CC(=O)Nc1ccc(F)c(F)c1)CC2. The van der Waals surface area contributed by atoms with E-state index in [1.807, 2.05) is 24.0 Å². The normalized spacial score (nSPS) is 16.6. The van der Waals surface area contributed by atoms with Gasteiger partial charge in [-0.3, -0.25) is 9.69 Å². The Morgan fingerprint density at radius 3 is 2.52 bits per heavy atom. The van der Waals surface area contributed by atoms with Crippen LogP contribution in [-0.4, -0.2) is 38.1 Å². The Kier molecular flexibility index (Phi) is 5.60. The lowest BCUT2D eigenvalue weighted by Crippen LogP contribution is -2.39. The van der Waals surface area contributed by atoms with Gasteiger partial charge in [0.25, 0.3) is 0 Å². The van der Waals surface area contributed by atoms with Crippen LogP contribution in [0.2, 0.25) is 0 Å². The van der Waals surface area contributed by atoms with Gasteiger partial charge in [-0.25, -0.2) is 8.78 Å². The summed E-state index contributed by atoms with van der Waals surface area (Å²) in [6.07, 6.45) is 0.776. The average molecular weight is 376 g/mol. The Balaban J connectivity index is 1.71. The lowest BCUT2D eigenvalue weighted by atomic mass is 9.93. The van der Waals surface area contributed by atoms with Crippen molar-refractivity contribution in [2.75, 3.05) is 32.6 Å². The zero-order chi connectivity index (χ0) is 19.6. The van der Waals surface area contributed by atoms with E-state index in [-0.39, 0.29) is 24.2 Å². The molecule has 1 atom stereocenters. The lowest BCUT2D eigenvalue weighted by Gasteiger charge is -2.35. The predicted octanol–water partition coefficient (Wildman–Crippen LogP) is 3.54. The number of benzene rings is 2. The molecule has 0 radical (unpaired) electrons. The van der Waals surface area contributed by atoms with Crippen LogP contribution in [-0.2, 0) is 11.2 Å². The van der Waals surface area contributed by atoms with Crippen LogP contribution in [0.15, 0.2) is 30.3 Å². The molecule has 27 heavy (non-hydrogen) atoms. The summed E-state index contributed by atoms with van der Waals surface area (Å²) in [5.74, 6) is -0.881. The standard InChI is InChI=1S/C20H22F2N2O3/c1-12-15-10-19(27-3)18(26-2)8-13(15)6-7-24(12)11-20(25)23-14-4-5-16(21)17(22)9-14/h4-5,8-10,12H,6-7,11H2,1-3H3,(H,23,25). The average Bonchev–Trinajstić information content (AvgIpc) is 2.66. The molecule has 1 heterocycles. The third-order valence-corrected chi connectivity index (χ3v) is 4.86. The summed E-state index contributed by atoms with van der Waals surface area (Å²) < 4.78 is 37.0. The van der Waals surface area contributed by atoms with Crippen molar-refractivity contribution in [1.82, 2.24) is 4.90 Å². The molecule has 5 nitrogen and oxygen atoms in total. The minimum Gasteiger partial charge on any atom is -0.493 e. The van der Waals surface area contributed by atoms with Crippen LogP contribution in [0.5, 0.6) is 11.5 Å². The fraction of sp³-hybridized carbons (Fsp3) is 0.350. The molecule has 0 saturated carbocycles. The van der Waals surface area contributed by atoms with Crippen LogP contribution in [0.3, 0.4) is 0 Å². The third kappa shape index (κ3) is 4.03. The first kappa shape index (κ1) is 19.1. The first-order chi connectivity index (χ1) is 12.9. The largest absolute Gasteiger partial charge is 0.493 e. The van der Waals surface area contributed by atoms with Crippen molar-refractivity contribution in [3.05, 3.63) is 53.1 Å². The highest BCUT2D eigenvalue weighted by atomic mass is 19.2. The Bertz CT molecular complexity index is 857. The summed E-state index contributed by atoms with van der Waals surface area (Å²) in [7, 11) is 3.19. The molecular weight excluding hydrogens is 354 g/mol. The van der Waals surface area contributed by atoms with Crippen LogP contribution in [0, 0.1) is 11.6 Å². The predicted molar refractivity (Wildman–Crippen MR) is 98.2 cm³/mol. The molecule has 2 aromatic rings. The van der Waals surface area contributed by atoms with Gasteiger partial charge in [-0.2, -0.15) is 0 Å². The second-order valence-corrected chi connectivity index (χ2v) is 6.48. The molecule has 0 saturated heterocycles. The Hall–Kier alpha value is -2.67. The maximum Gasteiger partial charge on any atom is 0.238 e. The van der Waals surface area contributed by atoms with Crippen molar-refractivity contribution in [3.63, 3.8) is 0 Å². The van der Waals surface area contributed by atoms with E-state index in [0.29, 0.717) is 18.0 Å². The van der Waals surface area contributed by atoms with E-state index in [0.717, 1.165) is 29.7 Å². The molecule has 1 unspecified atom stereocenters. The fourth-order valence-electron chi connectivity index (χ4n) is 3.37. The number of hydrogen-bond acceptors (Lipinski definition) is 4. The van der Waals surface area contributed by atoms with Crippen LogP contribution >= 0.6 is 0 Å². The molecule has 144 valence electrons. The van der Waals surface area contributed by atoms with Crippen molar-refractivity contribution >= 4 is 11.6 Å². The fourth-order valence-corrected chi connectivity index (χ4v) is 3.37. The van der Waals surface area contributed by atoms with Gasteiger partial charge in [0.05, 0.1) is 20.8 Å². The second-order valence-electron chi connectivity index (χ2n) is 6.48. The van der Waals surface area contributed by atoms with E-state index in [1.165, 1.54) is 6.07 Å². The first-order valence-corrected chi connectivity index (χ1v) is 8.66. The minimum absolute atomic E-state index is 0.00394. The number of nitrogens with one attached hydrogen (secondary N) is 1. The number of nitrogens with zero attached hydrogens (tertiary/aromatic N) is 1. The van der Waals surface area contributed by atoms with Gasteiger partial charge in [-0.15, -0.1) is 0 Å². The van der Waals surface area contributed by atoms with Crippen LogP contribution < -0.4 is 14.8 Å². The molecule has 0 bridgehead atoms. The summed E-state index contributed by atoms with van der Waals surface area (Å²) >= 11 is 0. The van der Waals surface area contributed by atoms with Gasteiger partial charge in [0.2, 0.25) is 5.91 Å². The number of amides is 1. The Morgan fingerprint density at radius 2 is 1.85 bits per heavy atom. The maximum absolute atomic E-state index is 13.3. The molecule has 1 N–H and O–H groups in total. The molecule has 1 amide bonds. The highest BCUT2D eigenvalue weighted by Crippen LogP contribution is 2.37. The number of methoxy groups -OCH3 is 2. The maximum atomic E-state index is 13.3. The topological polar surface area (TPSA) is 50.8 Å². The molecule has 3 rings (SSSR count). The van der Waals surface area contributed by atoms with Gasteiger partial charge < -0.3 is 14.8 Å². The highest BCUT2D eigenvalue weighted by molar-refractivity contribution is 5.92. The smallest absolute Gasteiger partial charge is 0.238 e. The highest BCUT2D eigenvalue weighted by Gasteiger charge is 2.27. The molecular formula is C20H22F2N2O3. The number of halogens is 2. The van der Waals surface area contributed by atoms with Crippen LogP contribution in [0.25, 0.3) is 0 Å². The molecule has 0 aliphatic carbocycles. The van der Waals surface area contributed by atoms with Gasteiger partial charge in [0.1, 0.15) is 0 Å². The van der Waals surface area contributed by atoms with Crippen molar-refractivity contribution in [3.8, 4) is 11.5 Å². The van der Waals surface area contributed by atoms with Crippen molar-refractivity contribution in [2.45, 2.75) is 19.4 Å². The minimum atomic E-state index is -0.992. The Morgan fingerprint density at radius 1 is 1.15 bits per heavy atom. The van der Waals surface area contributed by atoms with E-state index in [2.05, 4.69) is 5.32 Å². The van der Waals surface area contributed by atoms with Crippen molar-refractivity contribution in [2.24, 2.45) is 0 Å². The third-order valence-electron chi connectivity index (χ3n) is 4.86. The summed E-state index contributed by atoms with van der Waals surface area (Å²) in [6, 6.07) is 7.22. The van der Waals surface area contributed by atoms with Gasteiger partial charge in [-0.1, -0.05) is 0 Å². The van der Waals surface area contributed by atoms with Gasteiger partial charge in [0.15, 0.2) is 23.1 Å². The van der Waals surface area contributed by atoms with Gasteiger partial charge in [-0.05, 0) is 48.7 Å². The lowest BCUT2D eigenvalue weighted by molar-refractivity contribution is -0.117. The molecule has 0 aromatic heterocycles. The summed E-state index contributed by atoms with van der Waals surface area (Å²) in [4.78, 5) is 14.4. The summed E-state index contributed by atoms with van der Waals surface area (Å²) in [5, 5.41) is 2.61. The monoisotopic (exact) mass is 376 g/mol. The number of carbonyl (C=O) groups is 1. The number of ether oxygens (including phenoxy) is 2. The van der Waals surface area contributed by atoms with E-state index < -0.39 is 11.6 Å². The van der Waals surface area contributed by atoms with E-state index in [9.17, 15) is 13.6 Å². The number of carbonyl (C=O) groups excluding carboxylic acids is 1. The quantitative estimate of drug-likeness (QED) is 0.867. The van der Waals surface area contributed by atoms with E-state index >= 15 is 0 Å². The number of hydrogen-bond donors (Lipinski definition) is 1. The second kappa shape index (κ2) is 7.92. The van der Waals surface area contributed by atoms with Crippen LogP contribution in [0.1, 0.15) is 24.1 Å². The first-order valence-electron chi connectivity index (χ1n) is 8.66. The molecule has 1 aliphatic heterocycles. The zero-order valence-electron chi connectivity index (χ0n) is 15.5. The zero-order valence-corrected chi connectivity index (χ0v) is 15.5. The molecule has 0 fully saturated rings. The summed E-state index contributed by atoms with van der Waals surface area (Å²) in [5.41, 5.74) is 2.48. The number of fused-ring (bicyclic) bond motifs is 1. The number of anilines is 1. The van der Waals surface area contributed by atoms with Crippen molar-refractivity contribution < 1.29 is 23.0 Å². The molecule has 0 spiro atoms.